The van der Waals surface area contributed by atoms with Gasteiger partial charge in [0.2, 0.25) is 0 Å². The van der Waals surface area contributed by atoms with Crippen molar-refractivity contribution in [3.05, 3.63) is 65.2 Å². The van der Waals surface area contributed by atoms with E-state index in [1.54, 1.807) is 11.3 Å². The first-order valence-electron chi connectivity index (χ1n) is 10.5. The number of carbonyl (C=O) groups is 1. The van der Waals surface area contributed by atoms with Gasteiger partial charge in [-0.3, -0.25) is 4.90 Å². The Kier molecular flexibility index (Phi) is 7.29. The van der Waals surface area contributed by atoms with E-state index in [0.29, 0.717) is 19.7 Å². The summed E-state index contributed by atoms with van der Waals surface area (Å²) < 4.78 is 7.03. The summed E-state index contributed by atoms with van der Waals surface area (Å²) >= 11 is 1.73. The molecule has 2 amide bonds. The number of aromatic nitrogens is 1. The Morgan fingerprint density at radius 3 is 2.83 bits per heavy atom. The van der Waals surface area contributed by atoms with Gasteiger partial charge in [-0.05, 0) is 24.1 Å². The van der Waals surface area contributed by atoms with Crippen molar-refractivity contribution in [2.75, 3.05) is 32.8 Å². The average Bonchev–Trinajstić information content (AvgIpc) is 3.19. The van der Waals surface area contributed by atoms with Crippen molar-refractivity contribution in [3.8, 4) is 0 Å². The topological polar surface area (TPSA) is 66.5 Å². The number of carbonyl (C=O) groups excluding carboxylic acids is 1. The minimum atomic E-state index is -0.136. The second-order valence-electron chi connectivity index (χ2n) is 7.53. The van der Waals surface area contributed by atoms with Gasteiger partial charge < -0.3 is 15.4 Å². The number of nitrogens with zero attached hydrogens (tertiary/aromatic N) is 2. The number of benzene rings is 2. The molecule has 158 valence electrons. The smallest absolute Gasteiger partial charge is 0.314 e. The van der Waals surface area contributed by atoms with Crippen molar-refractivity contribution in [2.24, 2.45) is 0 Å². The zero-order valence-corrected chi connectivity index (χ0v) is 17.9. The van der Waals surface area contributed by atoms with Gasteiger partial charge in [0.05, 0.1) is 27.9 Å². The summed E-state index contributed by atoms with van der Waals surface area (Å²) in [5, 5.41) is 7.00. The Bertz CT molecular complexity index is 914. The standard InChI is InChI=1S/C23H28N4O2S/c28-23(24-12-6-11-22-26-20-9-4-5-10-21(20)30-22)25-15-19-17-27(13-14-29-19)16-18-7-2-1-3-8-18/h1-5,7-10,19H,6,11-17H2,(H2,24,25,28). The van der Waals surface area contributed by atoms with E-state index in [0.717, 1.165) is 43.0 Å². The van der Waals surface area contributed by atoms with E-state index in [1.807, 2.05) is 24.3 Å². The number of amides is 2. The van der Waals surface area contributed by atoms with Crippen molar-refractivity contribution < 1.29 is 9.53 Å². The Balaban J connectivity index is 1.12. The molecule has 0 radical (unpaired) electrons. The molecular formula is C23H28N4O2S. The van der Waals surface area contributed by atoms with Gasteiger partial charge in [-0.15, -0.1) is 11.3 Å². The van der Waals surface area contributed by atoms with Crippen molar-refractivity contribution in [1.82, 2.24) is 20.5 Å². The van der Waals surface area contributed by atoms with Gasteiger partial charge >= 0.3 is 6.03 Å². The molecule has 7 heteroatoms. The van der Waals surface area contributed by atoms with Crippen LogP contribution in [0.4, 0.5) is 4.79 Å². The van der Waals surface area contributed by atoms with E-state index in [4.69, 9.17) is 4.74 Å². The van der Waals surface area contributed by atoms with Gasteiger partial charge in [-0.2, -0.15) is 0 Å². The normalized spacial score (nSPS) is 17.1. The molecule has 1 unspecified atom stereocenters. The van der Waals surface area contributed by atoms with Gasteiger partial charge in [-0.25, -0.2) is 9.78 Å². The van der Waals surface area contributed by atoms with Gasteiger partial charge in [0.25, 0.3) is 0 Å². The van der Waals surface area contributed by atoms with E-state index in [9.17, 15) is 4.79 Å². The maximum atomic E-state index is 12.1. The Morgan fingerprint density at radius 1 is 1.13 bits per heavy atom. The highest BCUT2D eigenvalue weighted by molar-refractivity contribution is 7.18. The fraction of sp³-hybridized carbons (Fsp3) is 0.391. The van der Waals surface area contributed by atoms with Gasteiger partial charge in [0, 0.05) is 39.1 Å². The number of hydrogen-bond donors (Lipinski definition) is 2. The molecule has 1 saturated heterocycles. The summed E-state index contributed by atoms with van der Waals surface area (Å²) in [5.74, 6) is 0. The third kappa shape index (κ3) is 6.01. The molecule has 0 spiro atoms. The molecule has 1 fully saturated rings. The first kappa shape index (κ1) is 20.8. The van der Waals surface area contributed by atoms with Crippen LogP contribution in [0.15, 0.2) is 54.6 Å². The number of hydrogen-bond acceptors (Lipinski definition) is 5. The Hall–Kier alpha value is -2.48. The molecule has 3 aromatic rings. The van der Waals surface area contributed by atoms with Crippen LogP contribution >= 0.6 is 11.3 Å². The molecule has 2 heterocycles. The van der Waals surface area contributed by atoms with Crippen LogP contribution < -0.4 is 10.6 Å². The quantitative estimate of drug-likeness (QED) is 0.544. The minimum absolute atomic E-state index is 0.0240. The lowest BCUT2D eigenvalue weighted by atomic mass is 10.2. The number of aryl methyl sites for hydroxylation is 1. The number of nitrogens with one attached hydrogen (secondary N) is 2. The molecule has 6 nitrogen and oxygen atoms in total. The summed E-state index contributed by atoms with van der Waals surface area (Å²) in [7, 11) is 0. The second kappa shape index (κ2) is 10.5. The fourth-order valence-electron chi connectivity index (χ4n) is 3.63. The van der Waals surface area contributed by atoms with Crippen molar-refractivity contribution >= 4 is 27.6 Å². The van der Waals surface area contributed by atoms with E-state index in [1.165, 1.54) is 10.3 Å². The van der Waals surface area contributed by atoms with Crippen LogP contribution in [0, 0.1) is 0 Å². The van der Waals surface area contributed by atoms with E-state index in [-0.39, 0.29) is 12.1 Å². The third-order valence-electron chi connectivity index (χ3n) is 5.15. The van der Waals surface area contributed by atoms with Crippen molar-refractivity contribution in [3.63, 3.8) is 0 Å². The zero-order chi connectivity index (χ0) is 20.6. The molecule has 2 aromatic carbocycles. The highest BCUT2D eigenvalue weighted by Crippen LogP contribution is 2.22. The maximum Gasteiger partial charge on any atom is 0.314 e. The number of para-hydroxylation sites is 1. The lowest BCUT2D eigenvalue weighted by molar-refractivity contribution is -0.0287. The average molecular weight is 425 g/mol. The SMILES string of the molecule is O=C(NCCCc1nc2ccccc2s1)NCC1CN(Cc2ccccc2)CCO1. The van der Waals surface area contributed by atoms with Gasteiger partial charge in [-0.1, -0.05) is 42.5 Å². The zero-order valence-electron chi connectivity index (χ0n) is 17.0. The maximum absolute atomic E-state index is 12.1. The van der Waals surface area contributed by atoms with Crippen LogP contribution in [0.3, 0.4) is 0 Å². The monoisotopic (exact) mass is 424 g/mol. The van der Waals surface area contributed by atoms with Crippen LogP contribution in [0.5, 0.6) is 0 Å². The van der Waals surface area contributed by atoms with E-state index >= 15 is 0 Å². The molecule has 0 aliphatic carbocycles. The highest BCUT2D eigenvalue weighted by Gasteiger charge is 2.21. The first-order valence-corrected chi connectivity index (χ1v) is 11.3. The van der Waals surface area contributed by atoms with Gasteiger partial charge in [0.15, 0.2) is 0 Å². The largest absolute Gasteiger partial charge is 0.374 e. The molecule has 0 saturated carbocycles. The molecule has 1 atom stereocenters. The first-order chi connectivity index (χ1) is 14.8. The molecule has 2 N–H and O–H groups in total. The predicted octanol–water partition coefficient (Wildman–Crippen LogP) is 3.43. The van der Waals surface area contributed by atoms with Crippen LogP contribution in [0.2, 0.25) is 0 Å². The third-order valence-corrected chi connectivity index (χ3v) is 6.25. The number of urea groups is 1. The summed E-state index contributed by atoms with van der Waals surface area (Å²) in [6, 6.07) is 18.5. The lowest BCUT2D eigenvalue weighted by Gasteiger charge is -2.33. The summed E-state index contributed by atoms with van der Waals surface area (Å²) in [6.45, 7) is 4.51. The molecule has 1 aliphatic rings. The number of morpholine rings is 1. The summed E-state index contributed by atoms with van der Waals surface area (Å²) in [5.41, 5.74) is 2.36. The molecule has 0 bridgehead atoms. The Morgan fingerprint density at radius 2 is 1.97 bits per heavy atom. The van der Waals surface area contributed by atoms with Crippen LogP contribution in [-0.4, -0.2) is 54.8 Å². The Labute approximate surface area is 181 Å². The second-order valence-corrected chi connectivity index (χ2v) is 8.64. The van der Waals surface area contributed by atoms with Crippen molar-refractivity contribution in [1.29, 1.82) is 0 Å². The number of thiazole rings is 1. The molecular weight excluding hydrogens is 396 g/mol. The molecule has 4 rings (SSSR count). The van der Waals surface area contributed by atoms with Gasteiger partial charge in [0.1, 0.15) is 0 Å². The molecule has 30 heavy (non-hydrogen) atoms. The van der Waals surface area contributed by atoms with E-state index in [2.05, 4.69) is 50.8 Å². The predicted molar refractivity (Wildman–Crippen MR) is 121 cm³/mol. The summed E-state index contributed by atoms with van der Waals surface area (Å²) in [4.78, 5) is 19.1. The number of fused-ring (bicyclic) bond motifs is 1. The van der Waals surface area contributed by atoms with Crippen LogP contribution in [0.25, 0.3) is 10.2 Å². The lowest BCUT2D eigenvalue weighted by Crippen LogP contribution is -2.48. The minimum Gasteiger partial charge on any atom is -0.374 e. The fourth-order valence-corrected chi connectivity index (χ4v) is 4.64. The number of ether oxygens (including phenoxy) is 1. The van der Waals surface area contributed by atoms with Crippen molar-refractivity contribution in [2.45, 2.75) is 25.5 Å². The van der Waals surface area contributed by atoms with E-state index < -0.39 is 0 Å². The highest BCUT2D eigenvalue weighted by atomic mass is 32.1. The molecule has 1 aromatic heterocycles. The molecule has 1 aliphatic heterocycles. The number of rotatable bonds is 8. The van der Waals surface area contributed by atoms with Crippen LogP contribution in [-0.2, 0) is 17.7 Å². The summed E-state index contributed by atoms with van der Waals surface area (Å²) in [6.07, 6.45) is 1.77. The van der Waals surface area contributed by atoms with Crippen LogP contribution in [0.1, 0.15) is 17.0 Å².